The van der Waals surface area contributed by atoms with E-state index < -0.39 is 10.0 Å². The van der Waals surface area contributed by atoms with Crippen molar-refractivity contribution in [2.24, 2.45) is 5.41 Å². The molecule has 64 valence electrons. The van der Waals surface area contributed by atoms with E-state index in [1.807, 2.05) is 0 Å². The number of rotatable bonds is 1. The van der Waals surface area contributed by atoms with Crippen LogP contribution in [0.15, 0.2) is 0 Å². The Kier molecular flexibility index (Phi) is 1.36. The van der Waals surface area contributed by atoms with Crippen molar-refractivity contribution in [2.45, 2.75) is 19.3 Å². The van der Waals surface area contributed by atoms with Gasteiger partial charge in [-0.25, -0.2) is 12.7 Å². The van der Waals surface area contributed by atoms with Crippen LogP contribution >= 0.6 is 0 Å². The normalized spacial score (nSPS) is 29.5. The minimum absolute atomic E-state index is 0.420. The molecule has 0 radical (unpaired) electrons. The van der Waals surface area contributed by atoms with Gasteiger partial charge in [0.05, 0.1) is 6.26 Å². The van der Waals surface area contributed by atoms with Gasteiger partial charge in [-0.05, 0) is 18.3 Å². The van der Waals surface area contributed by atoms with Crippen LogP contribution in [0.2, 0.25) is 0 Å². The van der Waals surface area contributed by atoms with Gasteiger partial charge < -0.3 is 0 Å². The van der Waals surface area contributed by atoms with Gasteiger partial charge in [0.25, 0.3) is 0 Å². The van der Waals surface area contributed by atoms with Crippen LogP contribution in [0.25, 0.3) is 0 Å². The summed E-state index contributed by atoms with van der Waals surface area (Å²) >= 11 is 0. The predicted molar refractivity (Wildman–Crippen MR) is 42.7 cm³/mol. The summed E-state index contributed by atoms with van der Waals surface area (Å²) in [5.41, 5.74) is 0.420. The van der Waals surface area contributed by atoms with Crippen molar-refractivity contribution in [1.29, 1.82) is 0 Å². The molecule has 1 saturated heterocycles. The molecule has 0 unspecified atom stereocenters. The molecule has 2 aliphatic rings. The van der Waals surface area contributed by atoms with Gasteiger partial charge >= 0.3 is 0 Å². The minimum atomic E-state index is -2.88. The van der Waals surface area contributed by atoms with Crippen molar-refractivity contribution in [3.8, 4) is 0 Å². The number of nitrogens with zero attached hydrogens (tertiary/aromatic N) is 1. The monoisotopic (exact) mass is 175 g/mol. The maximum absolute atomic E-state index is 11.0. The summed E-state index contributed by atoms with van der Waals surface area (Å²) in [6, 6.07) is 0. The fraction of sp³-hybridized carbons (Fsp3) is 1.00. The zero-order valence-electron chi connectivity index (χ0n) is 6.71. The van der Waals surface area contributed by atoms with Crippen LogP contribution in [-0.4, -0.2) is 32.1 Å². The zero-order chi connectivity index (χ0) is 8.11. The van der Waals surface area contributed by atoms with E-state index >= 15 is 0 Å². The van der Waals surface area contributed by atoms with E-state index in [0.29, 0.717) is 5.41 Å². The van der Waals surface area contributed by atoms with Gasteiger partial charge in [0.15, 0.2) is 0 Å². The van der Waals surface area contributed by atoms with E-state index in [1.165, 1.54) is 25.5 Å². The molecule has 0 bridgehead atoms. The molecule has 0 aromatic heterocycles. The van der Waals surface area contributed by atoms with Crippen molar-refractivity contribution in [3.63, 3.8) is 0 Å². The van der Waals surface area contributed by atoms with Gasteiger partial charge in [-0.2, -0.15) is 0 Å². The average molecular weight is 175 g/mol. The van der Waals surface area contributed by atoms with Crippen molar-refractivity contribution in [2.75, 3.05) is 19.3 Å². The van der Waals surface area contributed by atoms with E-state index in [9.17, 15) is 8.42 Å². The molecular formula is C7H13NO2S. The third-order valence-corrected chi connectivity index (χ3v) is 4.10. The lowest BCUT2D eigenvalue weighted by molar-refractivity contribution is -0.00750. The molecule has 2 fully saturated rings. The van der Waals surface area contributed by atoms with E-state index in [1.54, 1.807) is 4.31 Å². The molecule has 4 heteroatoms. The maximum Gasteiger partial charge on any atom is 0.211 e. The molecule has 0 amide bonds. The Morgan fingerprint density at radius 1 is 1.27 bits per heavy atom. The number of sulfonamides is 1. The highest BCUT2D eigenvalue weighted by Gasteiger charge is 2.50. The lowest BCUT2D eigenvalue weighted by Gasteiger charge is -2.54. The van der Waals surface area contributed by atoms with Crippen LogP contribution in [0.4, 0.5) is 0 Å². The molecule has 0 atom stereocenters. The molecule has 1 aliphatic carbocycles. The van der Waals surface area contributed by atoms with Gasteiger partial charge in [0.2, 0.25) is 10.0 Å². The Labute approximate surface area is 67.4 Å². The molecular weight excluding hydrogens is 162 g/mol. The smallest absolute Gasteiger partial charge is 0.211 e. The Hall–Kier alpha value is -0.0900. The number of hydrogen-bond acceptors (Lipinski definition) is 2. The highest BCUT2D eigenvalue weighted by Crippen LogP contribution is 2.48. The zero-order valence-corrected chi connectivity index (χ0v) is 7.52. The molecule has 1 saturated carbocycles. The third-order valence-electron chi connectivity index (χ3n) is 2.91. The van der Waals surface area contributed by atoms with E-state index in [0.717, 1.165) is 13.1 Å². The number of hydrogen-bond donors (Lipinski definition) is 0. The summed E-state index contributed by atoms with van der Waals surface area (Å²) in [6.45, 7) is 1.57. The minimum Gasteiger partial charge on any atom is -0.213 e. The lowest BCUT2D eigenvalue weighted by Crippen LogP contribution is -2.60. The van der Waals surface area contributed by atoms with Crippen molar-refractivity contribution in [1.82, 2.24) is 4.31 Å². The topological polar surface area (TPSA) is 37.4 Å². The van der Waals surface area contributed by atoms with Crippen molar-refractivity contribution < 1.29 is 8.42 Å². The highest BCUT2D eigenvalue weighted by atomic mass is 32.2. The highest BCUT2D eigenvalue weighted by molar-refractivity contribution is 7.88. The van der Waals surface area contributed by atoms with Gasteiger partial charge in [-0.15, -0.1) is 0 Å². The maximum atomic E-state index is 11.0. The van der Waals surface area contributed by atoms with Crippen LogP contribution < -0.4 is 0 Å². The fourth-order valence-electron chi connectivity index (χ4n) is 1.93. The molecule has 1 heterocycles. The Bertz CT molecular complexity index is 258. The molecule has 1 spiro atoms. The third kappa shape index (κ3) is 1.08. The molecule has 0 aromatic rings. The quantitative estimate of drug-likeness (QED) is 0.579. The summed E-state index contributed by atoms with van der Waals surface area (Å²) in [6.07, 6.45) is 5.05. The first-order valence-electron chi connectivity index (χ1n) is 3.97. The summed E-state index contributed by atoms with van der Waals surface area (Å²) in [5, 5.41) is 0. The first-order chi connectivity index (χ1) is 5.02. The largest absolute Gasteiger partial charge is 0.213 e. The molecule has 0 N–H and O–H groups in total. The molecule has 2 rings (SSSR count). The lowest BCUT2D eigenvalue weighted by atomic mass is 9.65. The molecule has 0 aromatic carbocycles. The Morgan fingerprint density at radius 2 is 1.82 bits per heavy atom. The molecule has 11 heavy (non-hydrogen) atoms. The van der Waals surface area contributed by atoms with Crippen molar-refractivity contribution >= 4 is 10.0 Å². The van der Waals surface area contributed by atoms with E-state index in [-0.39, 0.29) is 0 Å². The molecule has 3 nitrogen and oxygen atoms in total. The average Bonchev–Trinajstić information content (AvgIpc) is 1.49. The summed E-state index contributed by atoms with van der Waals surface area (Å²) in [7, 11) is -2.88. The van der Waals surface area contributed by atoms with Crippen LogP contribution in [-0.2, 0) is 10.0 Å². The predicted octanol–water partition coefficient (Wildman–Crippen LogP) is 0.432. The van der Waals surface area contributed by atoms with Gasteiger partial charge in [-0.1, -0.05) is 6.42 Å². The van der Waals surface area contributed by atoms with Crippen LogP contribution in [0.5, 0.6) is 0 Å². The summed E-state index contributed by atoms with van der Waals surface area (Å²) < 4.78 is 23.5. The SMILES string of the molecule is CS(=O)(=O)N1CC2(CCC2)C1. The van der Waals surface area contributed by atoms with Crippen LogP contribution in [0, 0.1) is 5.41 Å². The first-order valence-corrected chi connectivity index (χ1v) is 5.82. The second-order valence-electron chi connectivity index (χ2n) is 3.88. The van der Waals surface area contributed by atoms with Crippen molar-refractivity contribution in [3.05, 3.63) is 0 Å². The Balaban J connectivity index is 1.98. The molecule has 1 aliphatic heterocycles. The first kappa shape index (κ1) is 7.55. The van der Waals surface area contributed by atoms with Gasteiger partial charge in [-0.3, -0.25) is 0 Å². The van der Waals surface area contributed by atoms with Gasteiger partial charge in [0.1, 0.15) is 0 Å². The fourth-order valence-corrected chi connectivity index (χ4v) is 2.95. The summed E-state index contributed by atoms with van der Waals surface area (Å²) in [5.74, 6) is 0. The van der Waals surface area contributed by atoms with Crippen LogP contribution in [0.3, 0.4) is 0 Å². The second-order valence-corrected chi connectivity index (χ2v) is 5.87. The Morgan fingerprint density at radius 3 is 2.09 bits per heavy atom. The van der Waals surface area contributed by atoms with Crippen LogP contribution in [0.1, 0.15) is 19.3 Å². The standard InChI is InChI=1S/C7H13NO2S/c1-11(9,10)8-5-7(6-8)3-2-4-7/h2-6H2,1H3. The second kappa shape index (κ2) is 1.98. The van der Waals surface area contributed by atoms with E-state index in [2.05, 4.69) is 0 Å². The summed E-state index contributed by atoms with van der Waals surface area (Å²) in [4.78, 5) is 0. The van der Waals surface area contributed by atoms with Gasteiger partial charge in [0, 0.05) is 13.1 Å². The van der Waals surface area contributed by atoms with E-state index in [4.69, 9.17) is 0 Å².